The van der Waals surface area contributed by atoms with Gasteiger partial charge in [-0.1, -0.05) is 18.2 Å². The quantitative estimate of drug-likeness (QED) is 0.346. The van der Waals surface area contributed by atoms with Crippen molar-refractivity contribution < 1.29 is 22.7 Å². The molecule has 212 valence electrons. The Kier molecular flexibility index (Phi) is 6.65. The summed E-state index contributed by atoms with van der Waals surface area (Å²) in [4.78, 5) is 33.2. The van der Waals surface area contributed by atoms with Gasteiger partial charge in [-0.3, -0.25) is 4.79 Å². The zero-order valence-corrected chi connectivity index (χ0v) is 23.9. The molecule has 6 rings (SSSR count). The van der Waals surface area contributed by atoms with E-state index in [0.29, 0.717) is 49.8 Å². The van der Waals surface area contributed by atoms with Crippen LogP contribution in [0.1, 0.15) is 34.1 Å². The summed E-state index contributed by atoms with van der Waals surface area (Å²) in [6.45, 7) is 6.59. The lowest BCUT2D eigenvalue weighted by Crippen LogP contribution is -2.48. The van der Waals surface area contributed by atoms with E-state index in [1.807, 2.05) is 36.1 Å². The van der Waals surface area contributed by atoms with Crippen molar-refractivity contribution in [1.82, 2.24) is 19.5 Å². The van der Waals surface area contributed by atoms with Crippen molar-refractivity contribution in [1.29, 1.82) is 0 Å². The Balaban J connectivity index is 1.41. The van der Waals surface area contributed by atoms with Gasteiger partial charge in [0.2, 0.25) is 5.91 Å². The highest BCUT2D eigenvalue weighted by molar-refractivity contribution is 7.90. The van der Waals surface area contributed by atoms with Crippen LogP contribution in [0.2, 0.25) is 0 Å². The number of rotatable bonds is 6. The third-order valence-electron chi connectivity index (χ3n) is 7.57. The Labute approximate surface area is 237 Å². The number of cyclic esters (lactones) is 1. The Bertz CT molecular complexity index is 1810. The van der Waals surface area contributed by atoms with Crippen molar-refractivity contribution in [3.8, 4) is 11.1 Å². The molecule has 1 saturated heterocycles. The number of fused-ring (bicyclic) bond motifs is 2. The monoisotopic (exact) mass is 574 g/mol. The molecule has 0 unspecified atom stereocenters. The average molecular weight is 575 g/mol. The number of hydrogen-bond donors (Lipinski definition) is 1. The second-order valence-electron chi connectivity index (χ2n) is 10.4. The number of hydrogen-bond acceptors (Lipinski definition) is 9. The summed E-state index contributed by atoms with van der Waals surface area (Å²) in [5.74, 6) is 1.17. The van der Waals surface area contributed by atoms with Crippen LogP contribution in [0.4, 0.5) is 11.6 Å². The normalized spacial score (nSPS) is 15.2. The van der Waals surface area contributed by atoms with Crippen molar-refractivity contribution in [2.75, 3.05) is 42.7 Å². The van der Waals surface area contributed by atoms with Crippen molar-refractivity contribution in [3.63, 3.8) is 0 Å². The van der Waals surface area contributed by atoms with Crippen LogP contribution in [0.5, 0.6) is 0 Å². The van der Waals surface area contributed by atoms with Gasteiger partial charge in [-0.05, 0) is 42.3 Å². The second-order valence-corrected chi connectivity index (χ2v) is 12.4. The predicted octanol–water partition coefficient (Wildman–Crippen LogP) is 3.06. The van der Waals surface area contributed by atoms with E-state index in [9.17, 15) is 18.0 Å². The molecule has 11 nitrogen and oxygen atoms in total. The topological polar surface area (TPSA) is 126 Å². The van der Waals surface area contributed by atoms with Gasteiger partial charge in [0, 0.05) is 63.1 Å². The first-order chi connectivity index (χ1) is 19.6. The molecule has 1 N–H and O–H groups in total. The van der Waals surface area contributed by atoms with Gasteiger partial charge >= 0.3 is 5.97 Å². The molecule has 2 aliphatic heterocycles. The molecule has 2 aliphatic rings. The molecule has 12 heteroatoms. The first-order valence-corrected chi connectivity index (χ1v) is 15.2. The number of aromatic nitrogens is 3. The molecular formula is C29H30N6O5S. The standard InChI is InChI=1S/C29H30N6O5S/c1-18-27(21-7-8-24-22(14-21)17-40-29(24)37)28-31-26(34-11-9-33(10-12-34)19(2)36)15-25(35(28)32-18)30-16-20-5-4-6-23(13-20)41(3,38)39/h4-8,13-15,30H,9-12,16-17H2,1-3H3. The summed E-state index contributed by atoms with van der Waals surface area (Å²) < 4.78 is 31.1. The number of nitrogens with one attached hydrogen (secondary N) is 1. The fourth-order valence-electron chi connectivity index (χ4n) is 5.35. The summed E-state index contributed by atoms with van der Waals surface area (Å²) >= 11 is 0. The molecule has 4 heterocycles. The number of esters is 1. The van der Waals surface area contributed by atoms with E-state index in [1.54, 1.807) is 35.7 Å². The van der Waals surface area contributed by atoms with Crippen LogP contribution in [-0.2, 0) is 32.5 Å². The maximum absolute atomic E-state index is 12.1. The van der Waals surface area contributed by atoms with E-state index >= 15 is 0 Å². The van der Waals surface area contributed by atoms with Gasteiger partial charge in [0.15, 0.2) is 15.5 Å². The Hall–Kier alpha value is -4.45. The number of carbonyl (C=O) groups excluding carboxylic acids is 2. The molecule has 0 saturated carbocycles. The number of benzene rings is 2. The number of sulfone groups is 1. The molecule has 41 heavy (non-hydrogen) atoms. The number of aryl methyl sites for hydroxylation is 1. The zero-order chi connectivity index (χ0) is 28.9. The van der Waals surface area contributed by atoms with Crippen molar-refractivity contribution in [3.05, 3.63) is 70.9 Å². The highest BCUT2D eigenvalue weighted by Crippen LogP contribution is 2.34. The Morgan fingerprint density at radius 3 is 2.59 bits per heavy atom. The first-order valence-electron chi connectivity index (χ1n) is 13.3. The summed E-state index contributed by atoms with van der Waals surface area (Å²) in [6, 6.07) is 14.4. The van der Waals surface area contributed by atoms with Gasteiger partial charge in [0.1, 0.15) is 18.2 Å². The molecule has 0 bridgehead atoms. The average Bonchev–Trinajstić information content (AvgIpc) is 3.49. The van der Waals surface area contributed by atoms with E-state index in [-0.39, 0.29) is 23.4 Å². The minimum atomic E-state index is -3.34. The molecule has 0 radical (unpaired) electrons. The van der Waals surface area contributed by atoms with E-state index in [2.05, 4.69) is 10.2 Å². The van der Waals surface area contributed by atoms with Crippen LogP contribution in [0, 0.1) is 6.92 Å². The molecule has 4 aromatic rings. The van der Waals surface area contributed by atoms with E-state index in [1.165, 1.54) is 6.26 Å². The number of piperazine rings is 1. The molecule has 0 atom stereocenters. The summed E-state index contributed by atoms with van der Waals surface area (Å²) in [6.07, 6.45) is 1.19. The molecular weight excluding hydrogens is 544 g/mol. The van der Waals surface area contributed by atoms with Gasteiger partial charge in [-0.2, -0.15) is 9.61 Å². The summed E-state index contributed by atoms with van der Waals surface area (Å²) in [7, 11) is -3.34. The van der Waals surface area contributed by atoms with Crippen LogP contribution in [0.15, 0.2) is 53.4 Å². The Morgan fingerprint density at radius 2 is 1.85 bits per heavy atom. The van der Waals surface area contributed by atoms with E-state index < -0.39 is 9.84 Å². The number of amides is 1. The van der Waals surface area contributed by atoms with Crippen LogP contribution >= 0.6 is 0 Å². The Morgan fingerprint density at radius 1 is 1.07 bits per heavy atom. The van der Waals surface area contributed by atoms with Gasteiger partial charge in [-0.25, -0.2) is 18.2 Å². The van der Waals surface area contributed by atoms with Crippen molar-refractivity contribution in [2.45, 2.75) is 31.9 Å². The van der Waals surface area contributed by atoms with Crippen molar-refractivity contribution >= 4 is 39.0 Å². The predicted molar refractivity (Wildman–Crippen MR) is 154 cm³/mol. The van der Waals surface area contributed by atoms with Gasteiger partial charge in [-0.15, -0.1) is 0 Å². The zero-order valence-electron chi connectivity index (χ0n) is 23.0. The maximum atomic E-state index is 12.1. The minimum Gasteiger partial charge on any atom is -0.457 e. The molecule has 2 aromatic carbocycles. The number of nitrogens with zero attached hydrogens (tertiary/aromatic N) is 5. The van der Waals surface area contributed by atoms with Crippen LogP contribution < -0.4 is 10.2 Å². The molecule has 1 amide bonds. The third-order valence-corrected chi connectivity index (χ3v) is 8.68. The lowest BCUT2D eigenvalue weighted by Gasteiger charge is -2.35. The smallest absolute Gasteiger partial charge is 0.338 e. The van der Waals surface area contributed by atoms with E-state index in [4.69, 9.17) is 14.8 Å². The lowest BCUT2D eigenvalue weighted by molar-refractivity contribution is -0.129. The highest BCUT2D eigenvalue weighted by Gasteiger charge is 2.25. The molecule has 2 aromatic heterocycles. The van der Waals surface area contributed by atoms with Gasteiger partial charge in [0.05, 0.1) is 16.2 Å². The van der Waals surface area contributed by atoms with Crippen LogP contribution in [0.3, 0.4) is 0 Å². The number of carbonyl (C=O) groups is 2. The molecule has 0 aliphatic carbocycles. The fourth-order valence-corrected chi connectivity index (χ4v) is 6.05. The summed E-state index contributed by atoms with van der Waals surface area (Å²) in [5.41, 5.74) is 5.34. The number of anilines is 2. The maximum Gasteiger partial charge on any atom is 0.338 e. The van der Waals surface area contributed by atoms with E-state index in [0.717, 1.165) is 33.8 Å². The largest absolute Gasteiger partial charge is 0.457 e. The summed E-state index contributed by atoms with van der Waals surface area (Å²) in [5, 5.41) is 8.25. The van der Waals surface area contributed by atoms with Gasteiger partial charge in [0.25, 0.3) is 0 Å². The van der Waals surface area contributed by atoms with Crippen LogP contribution in [-0.4, -0.2) is 72.2 Å². The number of ether oxygens (including phenoxy) is 1. The second kappa shape index (κ2) is 10.2. The SMILES string of the molecule is CC(=O)N1CCN(c2cc(NCc3cccc(S(C)(=O)=O)c3)n3nc(C)c(-c4ccc5c(c4)COC5=O)c3n2)CC1. The first kappa shape index (κ1) is 26.8. The van der Waals surface area contributed by atoms with Crippen molar-refractivity contribution in [2.24, 2.45) is 0 Å². The lowest BCUT2D eigenvalue weighted by atomic mass is 10.0. The highest BCUT2D eigenvalue weighted by atomic mass is 32.2. The van der Waals surface area contributed by atoms with Gasteiger partial charge < -0.3 is 19.9 Å². The molecule has 0 spiro atoms. The molecule has 1 fully saturated rings. The minimum absolute atomic E-state index is 0.0551. The third kappa shape index (κ3) is 5.10. The van der Waals surface area contributed by atoms with Crippen LogP contribution in [0.25, 0.3) is 16.8 Å². The fraction of sp³-hybridized carbons (Fsp3) is 0.310.